The Balaban J connectivity index is 1.96. The number of nitrogens with one attached hydrogen (secondary N) is 1. The second kappa shape index (κ2) is 6.95. The van der Waals surface area contributed by atoms with Gasteiger partial charge in [-0.1, -0.05) is 26.0 Å². The van der Waals surface area contributed by atoms with E-state index in [2.05, 4.69) is 44.2 Å². The summed E-state index contributed by atoms with van der Waals surface area (Å²) in [5.41, 5.74) is 1.17. The van der Waals surface area contributed by atoms with Crippen molar-refractivity contribution in [3.63, 3.8) is 0 Å². The van der Waals surface area contributed by atoms with Gasteiger partial charge in [-0.25, -0.2) is 0 Å². The quantitative estimate of drug-likeness (QED) is 0.831. The van der Waals surface area contributed by atoms with Crippen LogP contribution in [0.25, 0.3) is 0 Å². The number of likely N-dealkylation sites (N-methyl/N-ethyl adjacent to an activating group) is 1. The molecule has 4 nitrogen and oxygen atoms in total. The Morgan fingerprint density at radius 1 is 1.25 bits per heavy atom. The zero-order valence-corrected chi connectivity index (χ0v) is 13.0. The summed E-state index contributed by atoms with van der Waals surface area (Å²) in [6, 6.07) is 6.57. The molecule has 0 aliphatic carbocycles. The third-order valence-electron chi connectivity index (χ3n) is 3.40. The zero-order valence-electron chi connectivity index (χ0n) is 13.0. The lowest BCUT2D eigenvalue weighted by molar-refractivity contribution is 0.173. The lowest BCUT2D eigenvalue weighted by atomic mass is 10.0. The third kappa shape index (κ3) is 4.12. The molecule has 1 heterocycles. The molecular weight excluding hydrogens is 252 g/mol. The molecule has 0 saturated heterocycles. The van der Waals surface area contributed by atoms with Crippen LogP contribution in [0.3, 0.4) is 0 Å². The molecular formula is C16H26N2O2. The van der Waals surface area contributed by atoms with Crippen molar-refractivity contribution in [3.05, 3.63) is 23.8 Å². The number of para-hydroxylation sites is 1. The van der Waals surface area contributed by atoms with Crippen LogP contribution in [0.15, 0.2) is 18.2 Å². The molecule has 1 aliphatic rings. The molecule has 1 atom stereocenters. The van der Waals surface area contributed by atoms with Crippen molar-refractivity contribution >= 4 is 0 Å². The van der Waals surface area contributed by atoms with E-state index in [0.29, 0.717) is 18.8 Å². The number of benzene rings is 1. The smallest absolute Gasteiger partial charge is 0.231 e. The second-order valence-corrected chi connectivity index (χ2v) is 6.12. The molecule has 0 aromatic heterocycles. The molecule has 0 spiro atoms. The molecule has 0 saturated carbocycles. The molecule has 0 radical (unpaired) electrons. The summed E-state index contributed by atoms with van der Waals surface area (Å²) in [7, 11) is 4.23. The summed E-state index contributed by atoms with van der Waals surface area (Å²) in [5.74, 6) is 2.44. The molecule has 1 aromatic carbocycles. The first kappa shape index (κ1) is 15.1. The molecule has 112 valence electrons. The summed E-state index contributed by atoms with van der Waals surface area (Å²) in [5, 5.41) is 3.65. The first-order chi connectivity index (χ1) is 9.56. The normalized spacial score (nSPS) is 15.1. The Bertz CT molecular complexity index is 422. The Morgan fingerprint density at radius 2 is 2.05 bits per heavy atom. The van der Waals surface area contributed by atoms with Gasteiger partial charge in [0.05, 0.1) is 0 Å². The minimum absolute atomic E-state index is 0.333. The highest BCUT2D eigenvalue weighted by Crippen LogP contribution is 2.35. The van der Waals surface area contributed by atoms with Crippen molar-refractivity contribution in [1.29, 1.82) is 0 Å². The summed E-state index contributed by atoms with van der Waals surface area (Å²) in [6.45, 7) is 6.73. The molecule has 1 aliphatic heterocycles. The Kier molecular flexibility index (Phi) is 5.26. The number of fused-ring (bicyclic) bond motifs is 1. The minimum Gasteiger partial charge on any atom is -0.454 e. The lowest BCUT2D eigenvalue weighted by Crippen LogP contribution is -2.38. The van der Waals surface area contributed by atoms with E-state index in [1.807, 2.05) is 12.1 Å². The summed E-state index contributed by atoms with van der Waals surface area (Å²) in [6.07, 6.45) is 1.17. The largest absolute Gasteiger partial charge is 0.454 e. The number of hydrogen-bond donors (Lipinski definition) is 1. The van der Waals surface area contributed by atoms with Gasteiger partial charge in [0.1, 0.15) is 0 Å². The van der Waals surface area contributed by atoms with Crippen molar-refractivity contribution < 1.29 is 9.47 Å². The van der Waals surface area contributed by atoms with Gasteiger partial charge in [0.15, 0.2) is 11.5 Å². The second-order valence-electron chi connectivity index (χ2n) is 6.12. The summed E-state index contributed by atoms with van der Waals surface area (Å²) in [4.78, 5) is 2.23. The number of rotatable bonds is 7. The van der Waals surface area contributed by atoms with E-state index in [1.165, 1.54) is 12.0 Å². The standard InChI is InChI=1S/C16H26N2O2/c1-12(2)8-14(10-18(3)4)17-9-13-6-5-7-15-16(13)20-11-19-15/h5-7,12,14,17H,8-11H2,1-4H3. The van der Waals surface area contributed by atoms with E-state index in [4.69, 9.17) is 9.47 Å². The molecule has 1 unspecified atom stereocenters. The average molecular weight is 278 g/mol. The lowest BCUT2D eigenvalue weighted by Gasteiger charge is -2.24. The van der Waals surface area contributed by atoms with Gasteiger partial charge >= 0.3 is 0 Å². The highest BCUT2D eigenvalue weighted by atomic mass is 16.7. The maximum absolute atomic E-state index is 5.55. The van der Waals surface area contributed by atoms with E-state index in [-0.39, 0.29) is 0 Å². The predicted octanol–water partition coefficient (Wildman–Crippen LogP) is 2.48. The van der Waals surface area contributed by atoms with Crippen LogP contribution in [0, 0.1) is 5.92 Å². The van der Waals surface area contributed by atoms with Gasteiger partial charge in [0, 0.05) is 24.7 Å². The average Bonchev–Trinajstić information content (AvgIpc) is 2.83. The van der Waals surface area contributed by atoms with Crippen molar-refractivity contribution in [3.8, 4) is 11.5 Å². The highest BCUT2D eigenvalue weighted by molar-refractivity contribution is 5.48. The van der Waals surface area contributed by atoms with E-state index >= 15 is 0 Å². The van der Waals surface area contributed by atoms with E-state index in [0.717, 1.165) is 24.6 Å². The van der Waals surface area contributed by atoms with Gasteiger partial charge in [0.25, 0.3) is 0 Å². The highest BCUT2D eigenvalue weighted by Gasteiger charge is 2.18. The monoisotopic (exact) mass is 278 g/mol. The summed E-state index contributed by atoms with van der Waals surface area (Å²) < 4.78 is 11.0. The van der Waals surface area contributed by atoms with Crippen molar-refractivity contribution in [2.24, 2.45) is 5.92 Å². The van der Waals surface area contributed by atoms with Crippen molar-refractivity contribution in [1.82, 2.24) is 10.2 Å². The maximum atomic E-state index is 5.55. The van der Waals surface area contributed by atoms with E-state index < -0.39 is 0 Å². The van der Waals surface area contributed by atoms with Gasteiger partial charge in [-0.2, -0.15) is 0 Å². The Labute approximate surface area is 122 Å². The third-order valence-corrected chi connectivity index (χ3v) is 3.40. The number of ether oxygens (including phenoxy) is 2. The first-order valence-electron chi connectivity index (χ1n) is 7.32. The summed E-state index contributed by atoms with van der Waals surface area (Å²) >= 11 is 0. The van der Waals surface area contributed by atoms with Crippen LogP contribution in [-0.2, 0) is 6.54 Å². The van der Waals surface area contributed by atoms with Crippen LogP contribution < -0.4 is 14.8 Å². The van der Waals surface area contributed by atoms with Crippen LogP contribution >= 0.6 is 0 Å². The van der Waals surface area contributed by atoms with E-state index in [1.54, 1.807) is 0 Å². The fourth-order valence-electron chi connectivity index (χ4n) is 2.62. The molecule has 20 heavy (non-hydrogen) atoms. The SMILES string of the molecule is CC(C)CC(CN(C)C)NCc1cccc2c1OCO2. The minimum atomic E-state index is 0.333. The van der Waals surface area contributed by atoms with Crippen molar-refractivity contribution in [2.45, 2.75) is 32.9 Å². The van der Waals surface area contributed by atoms with Crippen LogP contribution in [0.2, 0.25) is 0 Å². The Morgan fingerprint density at radius 3 is 2.75 bits per heavy atom. The molecule has 0 bridgehead atoms. The number of hydrogen-bond acceptors (Lipinski definition) is 4. The van der Waals surface area contributed by atoms with Gasteiger partial charge in [-0.05, 0) is 32.5 Å². The predicted molar refractivity (Wildman–Crippen MR) is 81.2 cm³/mol. The Hall–Kier alpha value is -1.26. The first-order valence-corrected chi connectivity index (χ1v) is 7.32. The fourth-order valence-corrected chi connectivity index (χ4v) is 2.62. The molecule has 1 N–H and O–H groups in total. The topological polar surface area (TPSA) is 33.7 Å². The van der Waals surface area contributed by atoms with E-state index in [9.17, 15) is 0 Å². The van der Waals surface area contributed by atoms with Crippen LogP contribution in [0.5, 0.6) is 11.5 Å². The van der Waals surface area contributed by atoms with Crippen molar-refractivity contribution in [2.75, 3.05) is 27.4 Å². The van der Waals surface area contributed by atoms with Gasteiger partial charge in [-0.3, -0.25) is 0 Å². The maximum Gasteiger partial charge on any atom is 0.231 e. The molecule has 0 fully saturated rings. The molecule has 2 rings (SSSR count). The van der Waals surface area contributed by atoms with Crippen LogP contribution in [0.4, 0.5) is 0 Å². The number of nitrogens with zero attached hydrogens (tertiary/aromatic N) is 1. The van der Waals surface area contributed by atoms with Gasteiger partial charge in [-0.15, -0.1) is 0 Å². The zero-order chi connectivity index (χ0) is 14.5. The molecule has 1 aromatic rings. The molecule has 4 heteroatoms. The van der Waals surface area contributed by atoms with Gasteiger partial charge < -0.3 is 19.7 Å². The van der Waals surface area contributed by atoms with Gasteiger partial charge in [0.2, 0.25) is 6.79 Å². The molecule has 0 amide bonds. The van der Waals surface area contributed by atoms with Crippen LogP contribution in [0.1, 0.15) is 25.8 Å². The van der Waals surface area contributed by atoms with Crippen LogP contribution in [-0.4, -0.2) is 38.4 Å². The fraction of sp³-hybridized carbons (Fsp3) is 0.625.